The molecule has 8 nitrogen and oxygen atoms in total. The van der Waals surface area contributed by atoms with Crippen LogP contribution in [0.2, 0.25) is 5.02 Å². The predicted octanol–water partition coefficient (Wildman–Crippen LogP) is 6.39. The molecule has 3 amide bonds. The van der Waals surface area contributed by atoms with E-state index in [1.807, 2.05) is 19.9 Å². The van der Waals surface area contributed by atoms with Crippen molar-refractivity contribution in [1.82, 2.24) is 10.2 Å². The Kier molecular flexibility index (Phi) is 11.2. The van der Waals surface area contributed by atoms with Crippen LogP contribution in [-0.4, -0.2) is 46.1 Å². The molecule has 2 unspecified atom stereocenters. The molecule has 0 saturated carbocycles. The summed E-state index contributed by atoms with van der Waals surface area (Å²) in [4.78, 5) is 43.0. The SMILES string of the molecule is C#Cc1ccccc1C(C(=O)Nc1c(C)cccc1Cl)N(CCC)C(=O)C(Cc1ccc(O)cc1)NC(=O)OC(C)(C)C. The fraction of sp³-hybridized carbons (Fsp3) is 0.324. The van der Waals surface area contributed by atoms with Gasteiger partial charge in [-0.05, 0) is 75.1 Å². The van der Waals surface area contributed by atoms with E-state index in [-0.39, 0.29) is 18.7 Å². The molecular formula is C34H38ClN3O5. The molecule has 9 heteroatoms. The number of nitrogens with zero attached hydrogens (tertiary/aromatic N) is 1. The van der Waals surface area contributed by atoms with E-state index >= 15 is 0 Å². The molecule has 0 aromatic heterocycles. The number of phenols is 1. The Morgan fingerprint density at radius 3 is 2.33 bits per heavy atom. The van der Waals surface area contributed by atoms with Crippen LogP contribution in [0.25, 0.3) is 0 Å². The number of aryl methyl sites for hydroxylation is 1. The lowest BCUT2D eigenvalue weighted by Gasteiger charge is -2.35. The van der Waals surface area contributed by atoms with E-state index in [1.54, 1.807) is 69.3 Å². The fourth-order valence-corrected chi connectivity index (χ4v) is 4.89. The van der Waals surface area contributed by atoms with Gasteiger partial charge in [0.2, 0.25) is 5.91 Å². The Labute approximate surface area is 258 Å². The molecule has 0 fully saturated rings. The van der Waals surface area contributed by atoms with E-state index < -0.39 is 35.6 Å². The van der Waals surface area contributed by atoms with Gasteiger partial charge in [0.05, 0.1) is 10.7 Å². The smallest absolute Gasteiger partial charge is 0.408 e. The average Bonchev–Trinajstić information content (AvgIpc) is 2.94. The number of carbonyl (C=O) groups is 3. The maximum atomic E-state index is 14.5. The maximum absolute atomic E-state index is 14.5. The van der Waals surface area contributed by atoms with Gasteiger partial charge in [-0.3, -0.25) is 9.59 Å². The molecule has 3 N–H and O–H groups in total. The number of anilines is 1. The summed E-state index contributed by atoms with van der Waals surface area (Å²) in [6.07, 6.45) is 5.65. The Balaban J connectivity index is 2.11. The van der Waals surface area contributed by atoms with E-state index in [0.29, 0.717) is 33.8 Å². The van der Waals surface area contributed by atoms with Gasteiger partial charge < -0.3 is 25.4 Å². The van der Waals surface area contributed by atoms with E-state index in [0.717, 1.165) is 5.56 Å². The minimum absolute atomic E-state index is 0.0665. The van der Waals surface area contributed by atoms with Crippen LogP contribution in [0.15, 0.2) is 66.7 Å². The molecule has 0 bridgehead atoms. The van der Waals surface area contributed by atoms with Crippen molar-refractivity contribution in [3.8, 4) is 18.1 Å². The lowest BCUT2D eigenvalue weighted by molar-refractivity contribution is -0.140. The summed E-state index contributed by atoms with van der Waals surface area (Å²) >= 11 is 6.44. The zero-order chi connectivity index (χ0) is 31.7. The Morgan fingerprint density at radius 2 is 1.72 bits per heavy atom. The molecule has 0 heterocycles. The first-order valence-electron chi connectivity index (χ1n) is 14.0. The summed E-state index contributed by atoms with van der Waals surface area (Å²) in [5.74, 6) is 1.67. The van der Waals surface area contributed by atoms with Gasteiger partial charge in [-0.1, -0.05) is 66.9 Å². The average molecular weight is 604 g/mol. The molecule has 2 atom stereocenters. The Hall–Kier alpha value is -4.48. The van der Waals surface area contributed by atoms with Crippen molar-refractivity contribution < 1.29 is 24.2 Å². The molecule has 0 spiro atoms. The maximum Gasteiger partial charge on any atom is 0.408 e. The van der Waals surface area contributed by atoms with Crippen LogP contribution in [0.3, 0.4) is 0 Å². The molecule has 0 aliphatic carbocycles. The highest BCUT2D eigenvalue weighted by molar-refractivity contribution is 6.34. The van der Waals surface area contributed by atoms with Crippen LogP contribution in [0.4, 0.5) is 10.5 Å². The number of hydrogen-bond acceptors (Lipinski definition) is 5. The van der Waals surface area contributed by atoms with Crippen molar-refractivity contribution in [1.29, 1.82) is 0 Å². The second-order valence-corrected chi connectivity index (χ2v) is 11.6. The summed E-state index contributed by atoms with van der Waals surface area (Å²) in [6, 6.07) is 16.3. The minimum atomic E-state index is -1.15. The third-order valence-electron chi connectivity index (χ3n) is 6.55. The van der Waals surface area contributed by atoms with Crippen LogP contribution in [0, 0.1) is 19.3 Å². The molecule has 0 saturated heterocycles. The molecule has 0 radical (unpaired) electrons. The molecular weight excluding hydrogens is 566 g/mol. The van der Waals surface area contributed by atoms with Gasteiger partial charge in [0, 0.05) is 18.5 Å². The van der Waals surface area contributed by atoms with E-state index in [1.165, 1.54) is 17.0 Å². The number of benzene rings is 3. The third-order valence-corrected chi connectivity index (χ3v) is 6.87. The normalized spacial score (nSPS) is 12.4. The van der Waals surface area contributed by atoms with Crippen LogP contribution in [0.5, 0.6) is 5.75 Å². The molecule has 3 aromatic carbocycles. The number of ether oxygens (including phenoxy) is 1. The molecule has 43 heavy (non-hydrogen) atoms. The predicted molar refractivity (Wildman–Crippen MR) is 169 cm³/mol. The second kappa shape index (κ2) is 14.6. The van der Waals surface area contributed by atoms with Crippen molar-refractivity contribution >= 4 is 35.2 Å². The fourth-order valence-electron chi connectivity index (χ4n) is 4.62. The summed E-state index contributed by atoms with van der Waals surface area (Å²) < 4.78 is 5.47. The number of nitrogens with one attached hydrogen (secondary N) is 2. The Morgan fingerprint density at radius 1 is 1.05 bits per heavy atom. The first kappa shape index (κ1) is 33.0. The first-order valence-corrected chi connectivity index (χ1v) is 14.4. The largest absolute Gasteiger partial charge is 0.508 e. The van der Waals surface area contributed by atoms with Gasteiger partial charge in [0.25, 0.3) is 5.91 Å². The molecule has 0 aliphatic heterocycles. The van der Waals surface area contributed by atoms with Crippen molar-refractivity contribution in [2.75, 3.05) is 11.9 Å². The number of hydrogen-bond donors (Lipinski definition) is 3. The summed E-state index contributed by atoms with van der Waals surface area (Å²) in [7, 11) is 0. The lowest BCUT2D eigenvalue weighted by Crippen LogP contribution is -2.53. The van der Waals surface area contributed by atoms with Crippen LogP contribution < -0.4 is 10.6 Å². The third kappa shape index (κ3) is 9.00. The van der Waals surface area contributed by atoms with Crippen LogP contribution in [-0.2, 0) is 20.7 Å². The first-order chi connectivity index (χ1) is 20.3. The molecule has 0 aliphatic rings. The summed E-state index contributed by atoms with van der Waals surface area (Å²) in [5.41, 5.74) is 1.95. The van der Waals surface area contributed by atoms with Crippen LogP contribution >= 0.6 is 11.6 Å². The van der Waals surface area contributed by atoms with Crippen molar-refractivity contribution in [2.45, 2.75) is 65.1 Å². The van der Waals surface area contributed by atoms with Gasteiger partial charge in [-0.15, -0.1) is 6.42 Å². The lowest BCUT2D eigenvalue weighted by atomic mass is 9.96. The van der Waals surface area contributed by atoms with Gasteiger partial charge in [0.1, 0.15) is 23.4 Å². The van der Waals surface area contributed by atoms with E-state index in [2.05, 4.69) is 16.6 Å². The van der Waals surface area contributed by atoms with Crippen molar-refractivity contribution in [3.63, 3.8) is 0 Å². The number of amides is 3. The Bertz CT molecular complexity index is 1470. The quantitative estimate of drug-likeness (QED) is 0.233. The van der Waals surface area contributed by atoms with E-state index in [4.69, 9.17) is 22.8 Å². The second-order valence-electron chi connectivity index (χ2n) is 11.2. The monoisotopic (exact) mass is 603 g/mol. The van der Waals surface area contributed by atoms with Gasteiger partial charge >= 0.3 is 6.09 Å². The standard InChI is InChI=1S/C34H38ClN3O5/c1-7-20-38(32(41)28(36-33(42)43-34(4,5)6)21-23-16-18-25(39)19-17-23)30(26-14-10-9-13-24(26)8-2)31(40)37-29-22(3)12-11-15-27(29)35/h2,9-19,28,30,39H,7,20-21H2,1,3-6H3,(H,36,42)(H,37,40). The van der Waals surface area contributed by atoms with Gasteiger partial charge in [0.15, 0.2) is 0 Å². The summed E-state index contributed by atoms with van der Waals surface area (Å²) in [5, 5.41) is 15.7. The van der Waals surface area contributed by atoms with E-state index in [9.17, 15) is 19.5 Å². The highest BCUT2D eigenvalue weighted by Gasteiger charge is 2.37. The number of para-hydroxylation sites is 1. The van der Waals surface area contributed by atoms with Crippen molar-refractivity contribution in [2.24, 2.45) is 0 Å². The number of halogens is 1. The van der Waals surface area contributed by atoms with Crippen LogP contribution in [0.1, 0.15) is 62.4 Å². The number of carbonyl (C=O) groups excluding carboxylic acids is 3. The van der Waals surface area contributed by atoms with Crippen molar-refractivity contribution in [3.05, 3.63) is 94.0 Å². The number of alkyl carbamates (subject to hydrolysis) is 1. The topological polar surface area (TPSA) is 108 Å². The minimum Gasteiger partial charge on any atom is -0.508 e. The zero-order valence-electron chi connectivity index (χ0n) is 25.1. The zero-order valence-corrected chi connectivity index (χ0v) is 25.9. The number of terminal acetylenes is 1. The summed E-state index contributed by atoms with van der Waals surface area (Å²) in [6.45, 7) is 9.05. The van der Waals surface area contributed by atoms with Gasteiger partial charge in [-0.2, -0.15) is 0 Å². The van der Waals surface area contributed by atoms with Gasteiger partial charge in [-0.25, -0.2) is 4.79 Å². The highest BCUT2D eigenvalue weighted by atomic mass is 35.5. The number of aromatic hydroxyl groups is 1. The number of rotatable bonds is 10. The molecule has 3 aromatic rings. The molecule has 3 rings (SSSR count). The number of phenolic OH excluding ortho intramolecular Hbond substituents is 1. The molecule has 226 valence electrons. The highest BCUT2D eigenvalue weighted by Crippen LogP contribution is 2.31.